The van der Waals surface area contributed by atoms with Crippen molar-refractivity contribution in [3.05, 3.63) is 47.8 Å². The molecule has 0 bridgehead atoms. The van der Waals surface area contributed by atoms with E-state index >= 15 is 0 Å². The second kappa shape index (κ2) is 6.47. The summed E-state index contributed by atoms with van der Waals surface area (Å²) in [7, 11) is 0. The van der Waals surface area contributed by atoms with Crippen LogP contribution in [0.2, 0.25) is 0 Å². The van der Waals surface area contributed by atoms with Crippen molar-refractivity contribution in [3.8, 4) is 5.69 Å². The topological polar surface area (TPSA) is 75.4 Å². The average Bonchev–Trinajstić information content (AvgIpc) is 3.22. The Morgan fingerprint density at radius 3 is 2.54 bits per heavy atom. The summed E-state index contributed by atoms with van der Waals surface area (Å²) in [5.74, 6) is -0.287. The van der Waals surface area contributed by atoms with Crippen molar-refractivity contribution in [1.29, 1.82) is 0 Å². The predicted octanol–water partition coefficient (Wildman–Crippen LogP) is 2.69. The lowest BCUT2D eigenvalue weighted by molar-refractivity contribution is 0.0686. The van der Waals surface area contributed by atoms with E-state index in [1.54, 1.807) is 29.2 Å². The van der Waals surface area contributed by atoms with Gasteiger partial charge in [-0.25, -0.2) is 9.48 Å². The van der Waals surface area contributed by atoms with Crippen molar-refractivity contribution in [2.24, 2.45) is 11.8 Å². The number of likely N-dealkylation sites (tertiary alicyclic amines) is 1. The third kappa shape index (κ3) is 3.04. The van der Waals surface area contributed by atoms with Gasteiger partial charge < -0.3 is 10.0 Å². The molecule has 24 heavy (non-hydrogen) atoms. The molecule has 2 aromatic rings. The summed E-state index contributed by atoms with van der Waals surface area (Å²) in [6.07, 6.45) is 0.981. The van der Waals surface area contributed by atoms with Gasteiger partial charge in [-0.3, -0.25) is 4.79 Å². The number of hydrogen-bond donors (Lipinski definition) is 1. The van der Waals surface area contributed by atoms with Gasteiger partial charge in [0.05, 0.1) is 5.69 Å². The molecule has 126 valence electrons. The average molecular weight is 327 g/mol. The van der Waals surface area contributed by atoms with Crippen molar-refractivity contribution in [2.45, 2.75) is 20.3 Å². The first-order valence-electron chi connectivity index (χ1n) is 8.15. The predicted molar refractivity (Wildman–Crippen MR) is 89.4 cm³/mol. The molecule has 0 aliphatic carbocycles. The summed E-state index contributed by atoms with van der Waals surface area (Å²) in [6, 6.07) is 10.3. The van der Waals surface area contributed by atoms with E-state index in [1.165, 1.54) is 10.7 Å². The fourth-order valence-corrected chi connectivity index (χ4v) is 3.08. The standard InChI is InChI=1S/C18H21N3O3/c1-12(2)13-8-9-20(11-13)17(22)15-10-16(18(23)24)21(19-15)14-6-4-3-5-7-14/h3-7,10,12-13H,8-9,11H2,1-2H3,(H,23,24). The normalized spacial score (nSPS) is 17.5. The van der Waals surface area contributed by atoms with Gasteiger partial charge in [-0.1, -0.05) is 32.0 Å². The molecule has 1 N–H and O–H groups in total. The number of benzene rings is 1. The molecule has 6 heteroatoms. The molecule has 2 heterocycles. The number of amides is 1. The van der Waals surface area contributed by atoms with Crippen molar-refractivity contribution in [1.82, 2.24) is 14.7 Å². The van der Waals surface area contributed by atoms with Crippen LogP contribution < -0.4 is 0 Å². The number of rotatable bonds is 4. The lowest BCUT2D eigenvalue weighted by atomic mass is 9.95. The molecule has 0 saturated carbocycles. The first-order chi connectivity index (χ1) is 11.5. The van der Waals surface area contributed by atoms with E-state index in [4.69, 9.17) is 0 Å². The molecular weight excluding hydrogens is 306 g/mol. The van der Waals surface area contributed by atoms with Crippen LogP contribution in [0.1, 0.15) is 41.2 Å². The van der Waals surface area contributed by atoms with E-state index in [2.05, 4.69) is 18.9 Å². The number of carboxylic acids is 1. The molecule has 3 rings (SSSR count). The first kappa shape index (κ1) is 16.2. The van der Waals surface area contributed by atoms with Gasteiger partial charge in [0, 0.05) is 19.2 Å². The molecular formula is C18H21N3O3. The number of aromatic carboxylic acids is 1. The molecule has 1 aromatic carbocycles. The van der Waals surface area contributed by atoms with Crippen LogP contribution in [0, 0.1) is 11.8 Å². The van der Waals surface area contributed by atoms with E-state index in [9.17, 15) is 14.7 Å². The third-order valence-electron chi connectivity index (χ3n) is 4.60. The summed E-state index contributed by atoms with van der Waals surface area (Å²) >= 11 is 0. The Bertz CT molecular complexity index is 752. The molecule has 0 radical (unpaired) electrons. The highest BCUT2D eigenvalue weighted by Gasteiger charge is 2.30. The second-order valence-electron chi connectivity index (χ2n) is 6.51. The molecule has 0 spiro atoms. The van der Waals surface area contributed by atoms with Gasteiger partial charge in [-0.2, -0.15) is 5.10 Å². The highest BCUT2D eigenvalue weighted by Crippen LogP contribution is 2.25. The maximum Gasteiger partial charge on any atom is 0.354 e. The zero-order valence-corrected chi connectivity index (χ0v) is 13.8. The second-order valence-corrected chi connectivity index (χ2v) is 6.51. The Morgan fingerprint density at radius 2 is 1.96 bits per heavy atom. The van der Waals surface area contributed by atoms with Crippen LogP contribution in [0.25, 0.3) is 5.69 Å². The van der Waals surface area contributed by atoms with Crippen LogP contribution in [-0.4, -0.2) is 44.8 Å². The Hall–Kier alpha value is -2.63. The Morgan fingerprint density at radius 1 is 1.25 bits per heavy atom. The smallest absolute Gasteiger partial charge is 0.354 e. The van der Waals surface area contributed by atoms with Crippen LogP contribution in [0.3, 0.4) is 0 Å². The minimum atomic E-state index is -1.10. The summed E-state index contributed by atoms with van der Waals surface area (Å²) in [5, 5.41) is 13.7. The summed E-state index contributed by atoms with van der Waals surface area (Å²) < 4.78 is 1.31. The molecule has 1 atom stereocenters. The van der Waals surface area contributed by atoms with Crippen molar-refractivity contribution < 1.29 is 14.7 Å². The van der Waals surface area contributed by atoms with Gasteiger partial charge in [0.25, 0.3) is 5.91 Å². The molecule has 1 amide bonds. The molecule has 1 aliphatic rings. The first-order valence-corrected chi connectivity index (χ1v) is 8.15. The fourth-order valence-electron chi connectivity index (χ4n) is 3.08. The SMILES string of the molecule is CC(C)C1CCN(C(=O)c2cc(C(=O)O)n(-c3ccccc3)n2)C1. The van der Waals surface area contributed by atoms with Gasteiger partial charge >= 0.3 is 5.97 Å². The number of carbonyl (C=O) groups is 2. The van der Waals surface area contributed by atoms with E-state index in [0.717, 1.165) is 6.42 Å². The lowest BCUT2D eigenvalue weighted by Crippen LogP contribution is -2.29. The van der Waals surface area contributed by atoms with E-state index < -0.39 is 5.97 Å². The summed E-state index contributed by atoms with van der Waals surface area (Å²) in [5.41, 5.74) is 0.792. The van der Waals surface area contributed by atoms with Crippen LogP contribution in [0.4, 0.5) is 0 Å². The van der Waals surface area contributed by atoms with Crippen molar-refractivity contribution in [2.75, 3.05) is 13.1 Å². The minimum Gasteiger partial charge on any atom is -0.477 e. The van der Waals surface area contributed by atoms with Crippen molar-refractivity contribution in [3.63, 3.8) is 0 Å². The zero-order valence-electron chi connectivity index (χ0n) is 13.8. The zero-order chi connectivity index (χ0) is 17.3. The van der Waals surface area contributed by atoms with Crippen molar-refractivity contribution >= 4 is 11.9 Å². The monoisotopic (exact) mass is 327 g/mol. The highest BCUT2D eigenvalue weighted by molar-refractivity contribution is 5.96. The number of carboxylic acid groups (broad SMARTS) is 1. The molecule has 1 aromatic heterocycles. The van der Waals surface area contributed by atoms with Gasteiger partial charge in [-0.15, -0.1) is 0 Å². The Kier molecular flexibility index (Phi) is 4.38. The lowest BCUT2D eigenvalue weighted by Gasteiger charge is -2.17. The van der Waals surface area contributed by atoms with Gasteiger partial charge in [0.1, 0.15) is 0 Å². The van der Waals surface area contributed by atoms with Gasteiger partial charge in [0.15, 0.2) is 11.4 Å². The van der Waals surface area contributed by atoms with E-state index in [-0.39, 0.29) is 17.3 Å². The summed E-state index contributed by atoms with van der Waals surface area (Å²) in [4.78, 5) is 26.0. The van der Waals surface area contributed by atoms with Crippen LogP contribution >= 0.6 is 0 Å². The summed E-state index contributed by atoms with van der Waals surface area (Å²) in [6.45, 7) is 5.72. The van der Waals surface area contributed by atoms with Gasteiger partial charge in [-0.05, 0) is 30.4 Å². The van der Waals surface area contributed by atoms with E-state index in [1.807, 2.05) is 6.07 Å². The number of hydrogen-bond acceptors (Lipinski definition) is 3. The highest BCUT2D eigenvalue weighted by atomic mass is 16.4. The fraction of sp³-hybridized carbons (Fsp3) is 0.389. The van der Waals surface area contributed by atoms with Gasteiger partial charge in [0.2, 0.25) is 0 Å². The quantitative estimate of drug-likeness (QED) is 0.937. The molecule has 1 fully saturated rings. The van der Waals surface area contributed by atoms with Crippen LogP contribution in [-0.2, 0) is 0 Å². The van der Waals surface area contributed by atoms with E-state index in [0.29, 0.717) is 30.6 Å². The number of nitrogens with zero attached hydrogens (tertiary/aromatic N) is 3. The number of para-hydroxylation sites is 1. The molecule has 1 aliphatic heterocycles. The minimum absolute atomic E-state index is 0.0100. The number of aromatic nitrogens is 2. The van der Waals surface area contributed by atoms with Crippen LogP contribution in [0.15, 0.2) is 36.4 Å². The maximum atomic E-state index is 12.7. The third-order valence-corrected chi connectivity index (χ3v) is 4.60. The molecule has 1 unspecified atom stereocenters. The molecule has 1 saturated heterocycles. The van der Waals surface area contributed by atoms with Crippen LogP contribution in [0.5, 0.6) is 0 Å². The largest absolute Gasteiger partial charge is 0.477 e. The number of carbonyl (C=O) groups excluding carboxylic acids is 1. The Labute approximate surface area is 140 Å². The Balaban J connectivity index is 1.90. The molecule has 6 nitrogen and oxygen atoms in total. The maximum absolute atomic E-state index is 12.7.